The number of furan rings is 2. The van der Waals surface area contributed by atoms with Crippen molar-refractivity contribution in [2.24, 2.45) is 0 Å². The normalized spacial score (nSPS) is 15.7. The zero-order valence-electron chi connectivity index (χ0n) is 39.9. The number of halogens is 2. The van der Waals surface area contributed by atoms with Crippen LogP contribution >= 0.6 is 24.8 Å². The summed E-state index contributed by atoms with van der Waals surface area (Å²) in [6, 6.07) is 28.7. The summed E-state index contributed by atoms with van der Waals surface area (Å²) in [6.07, 6.45) is 5.18. The predicted molar refractivity (Wildman–Crippen MR) is 278 cm³/mol. The SMILES string of the molecule is Cc1cc(C)cc(-c2c(C)c(C)cc3c2C=C(c2ccc([Si](C)(C)C)o2)[CH]3[Zr]([CH]2C(c3ccc([Si](C)(C)C)o3)=Cc3c2cc(C)c(C)c3-c2cc(C)cc(C)c2)=[Si](C)C)c1.Cl.Cl. The molecule has 8 rings (SSSR count). The minimum Gasteiger partial charge on any atom is -0.147 e. The van der Waals surface area contributed by atoms with Gasteiger partial charge in [-0.2, -0.15) is 0 Å². The summed E-state index contributed by atoms with van der Waals surface area (Å²) in [7, 11) is -3.40. The van der Waals surface area contributed by atoms with E-state index in [4.69, 9.17) is 8.83 Å². The molecule has 2 atom stereocenters. The molecular formula is C54H66Cl2O2Si3Zr. The maximum Gasteiger partial charge on any atom is -0.147 e. The molecule has 0 saturated carbocycles. The van der Waals surface area contributed by atoms with Crippen LogP contribution in [0.15, 0.2) is 81.6 Å². The number of hydrogen-bond donors (Lipinski definition) is 0. The van der Waals surface area contributed by atoms with Gasteiger partial charge in [0, 0.05) is 0 Å². The van der Waals surface area contributed by atoms with E-state index in [1.165, 1.54) is 111 Å². The molecule has 2 aliphatic carbocycles. The molecule has 2 unspecified atom stereocenters. The van der Waals surface area contributed by atoms with Crippen molar-refractivity contribution in [3.63, 3.8) is 0 Å². The van der Waals surface area contributed by atoms with Crippen molar-refractivity contribution in [3.05, 3.63) is 151 Å². The average molecular weight is 994 g/mol. The Morgan fingerprint density at radius 1 is 0.484 bits per heavy atom. The molecule has 2 aliphatic rings. The molecule has 324 valence electrons. The third kappa shape index (κ3) is 8.75. The Morgan fingerprint density at radius 2 is 0.823 bits per heavy atom. The van der Waals surface area contributed by atoms with E-state index >= 15 is 0 Å². The van der Waals surface area contributed by atoms with Gasteiger partial charge in [-0.05, 0) is 0 Å². The molecule has 2 aromatic heterocycles. The zero-order chi connectivity index (χ0) is 43.3. The van der Waals surface area contributed by atoms with Gasteiger partial charge >= 0.3 is 373 Å². The van der Waals surface area contributed by atoms with Gasteiger partial charge in [0.25, 0.3) is 0 Å². The van der Waals surface area contributed by atoms with Crippen LogP contribution in [-0.2, 0) is 20.4 Å². The minimum absolute atomic E-state index is 0. The van der Waals surface area contributed by atoms with Gasteiger partial charge in [-0.25, -0.2) is 0 Å². The summed E-state index contributed by atoms with van der Waals surface area (Å²) in [5.74, 6) is 2.16. The van der Waals surface area contributed by atoms with E-state index in [2.05, 4.69) is 193 Å². The van der Waals surface area contributed by atoms with Gasteiger partial charge in [0.2, 0.25) is 0 Å². The quantitative estimate of drug-likeness (QED) is 0.142. The number of allylic oxidation sites excluding steroid dienone is 2. The van der Waals surface area contributed by atoms with Crippen LogP contribution in [0, 0.1) is 55.4 Å². The van der Waals surface area contributed by atoms with E-state index in [1.807, 2.05) is 0 Å². The first-order valence-corrected chi connectivity index (χ1v) is 37.9. The van der Waals surface area contributed by atoms with Crippen molar-refractivity contribution in [2.45, 2.75) is 115 Å². The van der Waals surface area contributed by atoms with Gasteiger partial charge in [0.15, 0.2) is 0 Å². The molecule has 0 spiro atoms. The maximum absolute atomic E-state index is 7.09. The van der Waals surface area contributed by atoms with Gasteiger partial charge in [-0.3, -0.25) is 0 Å². The zero-order valence-corrected chi connectivity index (χ0v) is 47.0. The summed E-state index contributed by atoms with van der Waals surface area (Å²) >= 11 is -2.78. The van der Waals surface area contributed by atoms with Gasteiger partial charge in [0.05, 0.1) is 0 Å². The van der Waals surface area contributed by atoms with Gasteiger partial charge in [-0.15, -0.1) is 24.8 Å². The molecule has 2 nitrogen and oxygen atoms in total. The first-order valence-electron chi connectivity index (χ1n) is 21.9. The molecule has 0 saturated heterocycles. The fourth-order valence-electron chi connectivity index (χ4n) is 10.1. The Bertz CT molecular complexity index is 2630. The van der Waals surface area contributed by atoms with E-state index in [9.17, 15) is 0 Å². The standard InChI is InChI=1S/2C26H29OSi.C2H6Si.2ClH.Zr/c2*1-16-10-17(2)12-22(11-16)26-19(4)18(3)13-20-14-21(15-23(20)26)24-8-9-25(27-24)28(5,6)7;1-3-2;;;/h2*8-15H,1-7H3;1-2H3;2*1H;. The van der Waals surface area contributed by atoms with E-state index in [-0.39, 0.29) is 24.8 Å². The molecule has 2 heterocycles. The van der Waals surface area contributed by atoms with Crippen LogP contribution in [0.3, 0.4) is 0 Å². The van der Waals surface area contributed by atoms with Crippen LogP contribution in [0.25, 0.3) is 45.6 Å². The monoisotopic (exact) mass is 990 g/mol. The van der Waals surface area contributed by atoms with Crippen molar-refractivity contribution in [1.82, 2.24) is 0 Å². The van der Waals surface area contributed by atoms with Gasteiger partial charge in [0.1, 0.15) is 0 Å². The molecule has 0 bridgehead atoms. The van der Waals surface area contributed by atoms with Crippen LogP contribution in [0.1, 0.15) is 85.5 Å². The van der Waals surface area contributed by atoms with E-state index in [0.29, 0.717) is 7.25 Å². The Kier molecular flexibility index (Phi) is 13.9. The first-order chi connectivity index (χ1) is 28.1. The number of rotatable bonds is 8. The Balaban J connectivity index is 0.00000321. The van der Waals surface area contributed by atoms with Gasteiger partial charge < -0.3 is 0 Å². The molecule has 4 aromatic carbocycles. The van der Waals surface area contributed by atoms with Crippen molar-refractivity contribution in [3.8, 4) is 22.3 Å². The molecule has 62 heavy (non-hydrogen) atoms. The fraction of sp³-hybridized carbons (Fsp3) is 0.333. The van der Waals surface area contributed by atoms with E-state index in [0.717, 1.165) is 11.5 Å². The van der Waals surface area contributed by atoms with Crippen molar-refractivity contribution in [1.29, 1.82) is 0 Å². The summed E-state index contributed by atoms with van der Waals surface area (Å²) in [4.78, 5) is 0. The largest absolute Gasteiger partial charge is 0.147 e. The third-order valence-corrected chi connectivity index (χ3v) is 35.9. The first kappa shape index (κ1) is 48.5. The average Bonchev–Trinajstić information content (AvgIpc) is 3.94. The van der Waals surface area contributed by atoms with Crippen LogP contribution in [0.5, 0.6) is 0 Å². The maximum atomic E-state index is 7.09. The Labute approximate surface area is 394 Å². The van der Waals surface area contributed by atoms with E-state index in [1.54, 1.807) is 0 Å². The molecule has 6 aromatic rings. The van der Waals surface area contributed by atoms with E-state index < -0.39 is 41.9 Å². The third-order valence-electron chi connectivity index (χ3n) is 13.2. The number of benzene rings is 4. The second kappa shape index (κ2) is 17.8. The number of hydrogen-bond acceptors (Lipinski definition) is 2. The Hall–Kier alpha value is -2.97. The number of fused-ring (bicyclic) bond motifs is 2. The summed E-state index contributed by atoms with van der Waals surface area (Å²) < 4.78 is 14.8. The smallest absolute Gasteiger partial charge is 0.147 e. The molecule has 0 radical (unpaired) electrons. The molecule has 0 aliphatic heterocycles. The summed E-state index contributed by atoms with van der Waals surface area (Å²) in [5.41, 5.74) is 24.1. The van der Waals surface area contributed by atoms with Crippen molar-refractivity contribution in [2.75, 3.05) is 0 Å². The van der Waals surface area contributed by atoms with Crippen LogP contribution in [0.2, 0.25) is 52.4 Å². The van der Waals surface area contributed by atoms with Crippen molar-refractivity contribution < 1.29 is 29.2 Å². The van der Waals surface area contributed by atoms with Crippen LogP contribution < -0.4 is 10.8 Å². The summed E-state index contributed by atoms with van der Waals surface area (Å²) in [5, 5.41) is 2.37. The van der Waals surface area contributed by atoms with Crippen LogP contribution in [0.4, 0.5) is 0 Å². The summed E-state index contributed by atoms with van der Waals surface area (Å²) in [6.45, 7) is 38.0. The fourth-order valence-corrected chi connectivity index (χ4v) is 31.9. The Morgan fingerprint density at radius 3 is 1.11 bits per heavy atom. The van der Waals surface area contributed by atoms with Gasteiger partial charge in [-0.1, -0.05) is 0 Å². The second-order valence-corrected chi connectivity index (χ2v) is 48.3. The van der Waals surface area contributed by atoms with Crippen molar-refractivity contribution >= 4 is 80.5 Å². The molecule has 0 N–H and O–H groups in total. The predicted octanol–water partition coefficient (Wildman–Crippen LogP) is 15.4. The number of aryl methyl sites for hydroxylation is 6. The van der Waals surface area contributed by atoms with Crippen LogP contribution in [-0.4, -0.2) is 21.6 Å². The molecule has 8 heteroatoms. The second-order valence-electron chi connectivity index (χ2n) is 20.5. The topological polar surface area (TPSA) is 26.3 Å². The molecular weight excluding hydrogens is 927 g/mol. The molecule has 0 amide bonds. The molecule has 0 fully saturated rings. The minimum atomic E-state index is -2.78.